The van der Waals surface area contributed by atoms with Gasteiger partial charge in [0.25, 0.3) is 0 Å². The number of nitrogens with one attached hydrogen (secondary N) is 1. The van der Waals surface area contributed by atoms with Crippen LogP contribution in [-0.4, -0.2) is 25.0 Å². The van der Waals surface area contributed by atoms with Gasteiger partial charge in [0.2, 0.25) is 5.91 Å². The lowest BCUT2D eigenvalue weighted by Crippen LogP contribution is -2.56. The van der Waals surface area contributed by atoms with E-state index in [9.17, 15) is 9.59 Å². The van der Waals surface area contributed by atoms with Crippen LogP contribution in [0.2, 0.25) is 0 Å². The number of amides is 1. The second-order valence-electron chi connectivity index (χ2n) is 9.12. The van der Waals surface area contributed by atoms with Crippen molar-refractivity contribution in [2.24, 2.45) is 23.2 Å². The largest absolute Gasteiger partial charge is 0.467 e. The van der Waals surface area contributed by atoms with Crippen molar-refractivity contribution in [3.05, 3.63) is 35.9 Å². The molecule has 0 heterocycles. The molecule has 0 aromatic heterocycles. The van der Waals surface area contributed by atoms with Crippen molar-refractivity contribution in [3.63, 3.8) is 0 Å². The van der Waals surface area contributed by atoms with Crippen LogP contribution in [0.1, 0.15) is 56.9 Å². The molecule has 0 spiro atoms. The monoisotopic (exact) mass is 369 g/mol. The second kappa shape index (κ2) is 7.65. The zero-order chi connectivity index (χ0) is 18.9. The molecule has 4 fully saturated rings. The lowest BCUT2D eigenvalue weighted by Gasteiger charge is -2.55. The highest BCUT2D eigenvalue weighted by atomic mass is 16.5. The van der Waals surface area contributed by atoms with Crippen molar-refractivity contribution in [1.29, 1.82) is 0 Å². The third-order valence-electron chi connectivity index (χ3n) is 7.11. The van der Waals surface area contributed by atoms with Crippen LogP contribution in [0.5, 0.6) is 0 Å². The number of ether oxygens (including phenoxy) is 1. The van der Waals surface area contributed by atoms with Gasteiger partial charge in [-0.3, -0.25) is 4.79 Å². The first-order valence-electron chi connectivity index (χ1n) is 10.5. The van der Waals surface area contributed by atoms with Gasteiger partial charge in [0.15, 0.2) is 0 Å². The smallest absolute Gasteiger partial charge is 0.328 e. The highest BCUT2D eigenvalue weighted by Crippen LogP contribution is 2.60. The van der Waals surface area contributed by atoms with Crippen LogP contribution in [-0.2, 0) is 20.7 Å². The van der Waals surface area contributed by atoms with E-state index in [1.54, 1.807) is 0 Å². The van der Waals surface area contributed by atoms with Crippen molar-refractivity contribution < 1.29 is 14.3 Å². The Morgan fingerprint density at radius 1 is 1.07 bits per heavy atom. The van der Waals surface area contributed by atoms with Gasteiger partial charge in [0.1, 0.15) is 6.04 Å². The average molecular weight is 370 g/mol. The minimum atomic E-state index is -0.529. The van der Waals surface area contributed by atoms with Crippen molar-refractivity contribution in [2.45, 2.75) is 63.8 Å². The molecule has 1 N–H and O–H groups in total. The van der Waals surface area contributed by atoms with Crippen LogP contribution in [0.15, 0.2) is 30.3 Å². The molecule has 4 nitrogen and oxygen atoms in total. The molecule has 4 aliphatic carbocycles. The second-order valence-corrected chi connectivity index (χ2v) is 9.12. The molecule has 4 aliphatic rings. The number of hydrogen-bond donors (Lipinski definition) is 1. The van der Waals surface area contributed by atoms with E-state index < -0.39 is 6.04 Å². The number of methoxy groups -OCH3 is 1. The zero-order valence-corrected chi connectivity index (χ0v) is 16.3. The van der Waals surface area contributed by atoms with E-state index >= 15 is 0 Å². The number of hydrogen-bond acceptors (Lipinski definition) is 3. The van der Waals surface area contributed by atoms with Gasteiger partial charge in [-0.05, 0) is 81.1 Å². The summed E-state index contributed by atoms with van der Waals surface area (Å²) in [6, 6.07) is 9.73. The summed E-state index contributed by atoms with van der Waals surface area (Å²) in [7, 11) is 1.41. The molecule has 5 rings (SSSR count). The lowest BCUT2D eigenvalue weighted by atomic mass is 9.49. The molecule has 146 valence electrons. The fourth-order valence-electron chi connectivity index (χ4n) is 6.25. The van der Waals surface area contributed by atoms with E-state index in [1.807, 2.05) is 18.2 Å². The molecule has 1 atom stereocenters. The quantitative estimate of drug-likeness (QED) is 0.742. The van der Waals surface area contributed by atoms with Crippen LogP contribution in [0.25, 0.3) is 0 Å². The van der Waals surface area contributed by atoms with Gasteiger partial charge >= 0.3 is 5.97 Å². The average Bonchev–Trinajstić information content (AvgIpc) is 2.66. The maximum absolute atomic E-state index is 13.2. The molecule has 0 saturated heterocycles. The van der Waals surface area contributed by atoms with Gasteiger partial charge in [0, 0.05) is 5.41 Å². The number of esters is 1. The summed E-state index contributed by atoms with van der Waals surface area (Å²) in [5.41, 5.74) is 1.04. The van der Waals surface area contributed by atoms with E-state index in [0.717, 1.165) is 49.9 Å². The van der Waals surface area contributed by atoms with Crippen molar-refractivity contribution in [3.8, 4) is 0 Å². The van der Waals surface area contributed by atoms with Crippen LogP contribution in [0, 0.1) is 23.2 Å². The molecule has 27 heavy (non-hydrogen) atoms. The summed E-state index contributed by atoms with van der Waals surface area (Å²) in [5.74, 6) is 1.95. The van der Waals surface area contributed by atoms with E-state index in [0.29, 0.717) is 6.42 Å². The Kier molecular flexibility index (Phi) is 5.25. The normalized spacial score (nSPS) is 32.1. The SMILES string of the molecule is COC(=O)[C@@H](CCCc1ccccc1)NC(=O)C12CC3CC(CC(C3)C1)C2. The van der Waals surface area contributed by atoms with Crippen molar-refractivity contribution in [2.75, 3.05) is 7.11 Å². The number of carbonyl (C=O) groups excluding carboxylic acids is 2. The van der Waals surface area contributed by atoms with Crippen LogP contribution in [0.3, 0.4) is 0 Å². The van der Waals surface area contributed by atoms with Gasteiger partial charge in [-0.25, -0.2) is 4.79 Å². The van der Waals surface area contributed by atoms with Crippen LogP contribution >= 0.6 is 0 Å². The van der Waals surface area contributed by atoms with Crippen LogP contribution < -0.4 is 5.32 Å². The standard InChI is InChI=1S/C23H31NO3/c1-27-21(25)20(9-5-8-16-6-3-2-4-7-16)24-22(26)23-13-17-10-18(14-23)12-19(11-17)15-23/h2-4,6-7,17-20H,5,8-15H2,1H3,(H,24,26)/t17?,18?,19?,20-,23?/m1/s1. The first-order valence-corrected chi connectivity index (χ1v) is 10.5. The third kappa shape index (κ3) is 3.90. The number of carbonyl (C=O) groups is 2. The molecule has 0 radical (unpaired) electrons. The van der Waals surface area contributed by atoms with E-state index in [2.05, 4.69) is 17.4 Å². The highest BCUT2D eigenvalue weighted by Gasteiger charge is 2.54. The minimum Gasteiger partial charge on any atom is -0.467 e. The Bertz CT molecular complexity index is 649. The summed E-state index contributed by atoms with van der Waals surface area (Å²) in [4.78, 5) is 25.5. The zero-order valence-electron chi connectivity index (χ0n) is 16.3. The molecule has 0 unspecified atom stereocenters. The van der Waals surface area contributed by atoms with Gasteiger partial charge in [-0.1, -0.05) is 30.3 Å². The summed E-state index contributed by atoms with van der Waals surface area (Å²) in [6.07, 6.45) is 9.36. The number of aryl methyl sites for hydroxylation is 1. The first kappa shape index (κ1) is 18.5. The molecule has 1 amide bonds. The highest BCUT2D eigenvalue weighted by molar-refractivity contribution is 5.88. The van der Waals surface area contributed by atoms with Gasteiger partial charge in [-0.15, -0.1) is 0 Å². The van der Waals surface area contributed by atoms with E-state index in [4.69, 9.17) is 4.74 Å². The third-order valence-corrected chi connectivity index (χ3v) is 7.11. The Hall–Kier alpha value is -1.84. The molecule has 1 aromatic rings. The van der Waals surface area contributed by atoms with Crippen molar-refractivity contribution >= 4 is 11.9 Å². The van der Waals surface area contributed by atoms with E-state index in [-0.39, 0.29) is 17.3 Å². The molecule has 1 aromatic carbocycles. The Labute approximate surface area is 162 Å². The summed E-state index contributed by atoms with van der Waals surface area (Å²) in [5, 5.41) is 3.10. The number of rotatable bonds is 7. The summed E-state index contributed by atoms with van der Waals surface area (Å²) >= 11 is 0. The molecule has 4 bridgehead atoms. The molecule has 0 aliphatic heterocycles. The summed E-state index contributed by atoms with van der Waals surface area (Å²) in [6.45, 7) is 0. The molecular formula is C23H31NO3. The van der Waals surface area contributed by atoms with Gasteiger partial charge < -0.3 is 10.1 Å². The first-order chi connectivity index (χ1) is 13.1. The Balaban J connectivity index is 1.38. The molecule has 4 heteroatoms. The maximum atomic E-state index is 13.2. The summed E-state index contributed by atoms with van der Waals surface area (Å²) < 4.78 is 4.98. The predicted molar refractivity (Wildman–Crippen MR) is 104 cm³/mol. The minimum absolute atomic E-state index is 0.108. The van der Waals surface area contributed by atoms with E-state index in [1.165, 1.54) is 31.9 Å². The Morgan fingerprint density at radius 2 is 1.67 bits per heavy atom. The van der Waals surface area contributed by atoms with Crippen molar-refractivity contribution in [1.82, 2.24) is 5.32 Å². The fourth-order valence-corrected chi connectivity index (χ4v) is 6.25. The Morgan fingerprint density at radius 3 is 2.22 bits per heavy atom. The van der Waals surface area contributed by atoms with Gasteiger partial charge in [-0.2, -0.15) is 0 Å². The molecular weight excluding hydrogens is 338 g/mol. The maximum Gasteiger partial charge on any atom is 0.328 e. The predicted octanol–water partition coefficient (Wildman–Crippen LogP) is 3.88. The van der Waals surface area contributed by atoms with Crippen LogP contribution in [0.4, 0.5) is 0 Å². The fraction of sp³-hybridized carbons (Fsp3) is 0.652. The molecule has 4 saturated carbocycles. The number of benzene rings is 1. The lowest BCUT2D eigenvalue weighted by molar-refractivity contribution is -0.153. The topological polar surface area (TPSA) is 55.4 Å². The van der Waals surface area contributed by atoms with Gasteiger partial charge in [0.05, 0.1) is 7.11 Å².